The quantitative estimate of drug-likeness (QED) is 0.472. The maximum atomic E-state index is 13.0. The molecular weight excluding hydrogens is 464 g/mol. The first kappa shape index (κ1) is 26.8. The molecule has 36 heavy (non-hydrogen) atoms. The molecule has 1 aliphatic rings. The second-order valence-corrected chi connectivity index (χ2v) is 8.99. The molecule has 0 radical (unpaired) electrons. The van der Waals surface area contributed by atoms with Crippen LogP contribution in [0.3, 0.4) is 0 Å². The number of ether oxygens (including phenoxy) is 2. The highest BCUT2D eigenvalue weighted by molar-refractivity contribution is 6.63. The van der Waals surface area contributed by atoms with E-state index in [0.29, 0.717) is 24.2 Å². The minimum atomic E-state index is -0.986. The van der Waals surface area contributed by atoms with E-state index in [1.54, 1.807) is 27.0 Å². The Kier molecular flexibility index (Phi) is 9.16. The fourth-order valence-corrected chi connectivity index (χ4v) is 3.96. The van der Waals surface area contributed by atoms with Crippen molar-refractivity contribution < 1.29 is 33.8 Å². The SMILES string of the molecule is CNc1cccc(CCOc2cc(O)c3c(c2)CCCC(=O)C(=O)C(=O)CC[C@@H](C)[C@H](C)OC3=O)n1. The van der Waals surface area contributed by atoms with Crippen LogP contribution in [0.5, 0.6) is 11.5 Å². The third-order valence-electron chi connectivity index (χ3n) is 6.34. The standard InChI is InChI=1S/C27H32N2O7/c1-16-10-11-22(31)26(33)21(30)8-4-6-18-14-20(15-23(32)25(18)27(34)36-17(16)2)35-13-12-19-7-5-9-24(28-3)29-19/h5,7,9,14-17,32H,4,6,8,10-13H2,1-3H3,(H,28,29)/t16-,17+/m1/s1. The third kappa shape index (κ3) is 6.90. The highest BCUT2D eigenvalue weighted by Gasteiger charge is 2.28. The molecule has 1 aromatic heterocycles. The van der Waals surface area contributed by atoms with E-state index in [0.717, 1.165) is 11.5 Å². The molecule has 0 amide bonds. The molecule has 9 nitrogen and oxygen atoms in total. The van der Waals surface area contributed by atoms with E-state index in [1.165, 1.54) is 6.07 Å². The van der Waals surface area contributed by atoms with E-state index in [2.05, 4.69) is 10.3 Å². The average Bonchev–Trinajstić information content (AvgIpc) is 2.85. The highest BCUT2D eigenvalue weighted by Crippen LogP contribution is 2.31. The maximum absolute atomic E-state index is 13.0. The van der Waals surface area contributed by atoms with Crippen molar-refractivity contribution in [2.45, 2.75) is 58.5 Å². The monoisotopic (exact) mass is 496 g/mol. The lowest BCUT2D eigenvalue weighted by molar-refractivity contribution is -0.144. The van der Waals surface area contributed by atoms with Crippen LogP contribution < -0.4 is 10.1 Å². The molecule has 0 unspecified atom stereocenters. The Balaban J connectivity index is 1.81. The number of rotatable bonds is 5. The van der Waals surface area contributed by atoms with Crippen LogP contribution in [0.4, 0.5) is 5.82 Å². The number of phenols is 1. The number of carbonyl (C=O) groups is 4. The van der Waals surface area contributed by atoms with Gasteiger partial charge in [0.15, 0.2) is 0 Å². The van der Waals surface area contributed by atoms with Crippen molar-refractivity contribution in [2.24, 2.45) is 5.92 Å². The minimum Gasteiger partial charge on any atom is -0.507 e. The van der Waals surface area contributed by atoms with E-state index < -0.39 is 29.4 Å². The van der Waals surface area contributed by atoms with Crippen molar-refractivity contribution in [2.75, 3.05) is 19.0 Å². The average molecular weight is 497 g/mol. The number of fused-ring (bicyclic) bond motifs is 1. The van der Waals surface area contributed by atoms with E-state index >= 15 is 0 Å². The van der Waals surface area contributed by atoms with Crippen LogP contribution in [0, 0.1) is 5.92 Å². The maximum Gasteiger partial charge on any atom is 0.342 e. The van der Waals surface area contributed by atoms with Crippen LogP contribution in [-0.2, 0) is 32.0 Å². The van der Waals surface area contributed by atoms with Crippen LogP contribution in [0.1, 0.15) is 61.1 Å². The number of anilines is 1. The molecule has 0 bridgehead atoms. The van der Waals surface area contributed by atoms with Gasteiger partial charge in [-0.25, -0.2) is 9.78 Å². The number of Topliss-reactive ketones (excluding diaryl/α,β-unsaturated/α-hetero) is 3. The van der Waals surface area contributed by atoms with Gasteiger partial charge in [-0.15, -0.1) is 0 Å². The van der Waals surface area contributed by atoms with Gasteiger partial charge in [-0.2, -0.15) is 0 Å². The van der Waals surface area contributed by atoms with Crippen molar-refractivity contribution in [3.8, 4) is 11.5 Å². The molecule has 1 aliphatic heterocycles. The molecule has 2 N–H and O–H groups in total. The fourth-order valence-electron chi connectivity index (χ4n) is 3.96. The Morgan fingerprint density at radius 2 is 1.83 bits per heavy atom. The summed E-state index contributed by atoms with van der Waals surface area (Å²) in [5.74, 6) is -2.55. The predicted molar refractivity (Wildman–Crippen MR) is 132 cm³/mol. The fraction of sp³-hybridized carbons (Fsp3) is 0.444. The van der Waals surface area contributed by atoms with E-state index in [1.807, 2.05) is 18.2 Å². The Labute approximate surface area is 210 Å². The van der Waals surface area contributed by atoms with Gasteiger partial charge in [0.2, 0.25) is 11.6 Å². The molecule has 1 aromatic carbocycles. The molecule has 0 saturated heterocycles. The topological polar surface area (TPSA) is 132 Å². The van der Waals surface area contributed by atoms with Crippen LogP contribution >= 0.6 is 0 Å². The lowest BCUT2D eigenvalue weighted by Crippen LogP contribution is -2.27. The van der Waals surface area contributed by atoms with Gasteiger partial charge in [-0.1, -0.05) is 13.0 Å². The second-order valence-electron chi connectivity index (χ2n) is 8.99. The summed E-state index contributed by atoms with van der Waals surface area (Å²) < 4.78 is 11.4. The van der Waals surface area contributed by atoms with E-state index in [9.17, 15) is 24.3 Å². The van der Waals surface area contributed by atoms with Gasteiger partial charge in [0.05, 0.1) is 6.61 Å². The number of ketones is 3. The molecule has 2 heterocycles. The van der Waals surface area contributed by atoms with Crippen LogP contribution in [0.2, 0.25) is 0 Å². The number of cyclic esters (lactones) is 1. The lowest BCUT2D eigenvalue weighted by Gasteiger charge is -2.22. The molecule has 2 atom stereocenters. The molecule has 3 rings (SSSR count). The Morgan fingerprint density at radius 1 is 1.08 bits per heavy atom. The third-order valence-corrected chi connectivity index (χ3v) is 6.34. The number of pyridine rings is 1. The Morgan fingerprint density at radius 3 is 2.58 bits per heavy atom. The van der Waals surface area contributed by atoms with Crippen LogP contribution in [0.25, 0.3) is 0 Å². The first-order valence-corrected chi connectivity index (χ1v) is 12.1. The molecule has 9 heteroatoms. The second kappa shape index (κ2) is 12.3. The van der Waals surface area contributed by atoms with Gasteiger partial charge in [0.1, 0.15) is 29.0 Å². The van der Waals surface area contributed by atoms with E-state index in [-0.39, 0.29) is 49.5 Å². The zero-order chi connectivity index (χ0) is 26.2. The van der Waals surface area contributed by atoms with E-state index in [4.69, 9.17) is 9.47 Å². The molecule has 0 fully saturated rings. The number of aromatic hydroxyl groups is 1. The predicted octanol–water partition coefficient (Wildman–Crippen LogP) is 3.46. The summed E-state index contributed by atoms with van der Waals surface area (Å²) in [7, 11) is 1.79. The number of hydrogen-bond acceptors (Lipinski definition) is 9. The Bertz CT molecular complexity index is 1140. The molecule has 0 aliphatic carbocycles. The first-order chi connectivity index (χ1) is 17.2. The highest BCUT2D eigenvalue weighted by atomic mass is 16.5. The number of phenolic OH excluding ortho intramolecular Hbond substituents is 1. The number of nitrogens with zero attached hydrogens (tertiary/aromatic N) is 1. The number of aryl methyl sites for hydroxylation is 1. The summed E-state index contributed by atoms with van der Waals surface area (Å²) in [4.78, 5) is 53.9. The van der Waals surface area contributed by atoms with Crippen molar-refractivity contribution in [3.63, 3.8) is 0 Å². The number of esters is 1. The summed E-state index contributed by atoms with van der Waals surface area (Å²) in [6.45, 7) is 3.77. The normalized spacial score (nSPS) is 19.8. The van der Waals surface area contributed by atoms with Crippen molar-refractivity contribution in [3.05, 3.63) is 47.2 Å². The minimum absolute atomic E-state index is 0.0108. The van der Waals surface area contributed by atoms with Crippen molar-refractivity contribution in [1.29, 1.82) is 0 Å². The van der Waals surface area contributed by atoms with Gasteiger partial charge in [-0.05, 0) is 55.9 Å². The molecule has 192 valence electrons. The van der Waals surface area contributed by atoms with Crippen molar-refractivity contribution in [1.82, 2.24) is 4.98 Å². The summed E-state index contributed by atoms with van der Waals surface area (Å²) in [5, 5.41) is 13.7. The summed E-state index contributed by atoms with van der Waals surface area (Å²) in [6.07, 6.45) is 0.462. The van der Waals surface area contributed by atoms with Crippen LogP contribution in [0.15, 0.2) is 30.3 Å². The molecule has 2 aromatic rings. The Hall–Kier alpha value is -3.75. The number of nitrogens with one attached hydrogen (secondary N) is 1. The van der Waals surface area contributed by atoms with Crippen LogP contribution in [-0.4, -0.2) is 53.2 Å². The van der Waals surface area contributed by atoms with Gasteiger partial charge >= 0.3 is 5.97 Å². The molecule has 0 saturated carbocycles. The number of hydrogen-bond donors (Lipinski definition) is 2. The lowest BCUT2D eigenvalue weighted by atomic mass is 9.94. The molecular formula is C27H32N2O7. The van der Waals surface area contributed by atoms with Gasteiger partial charge < -0.3 is 19.9 Å². The van der Waals surface area contributed by atoms with Crippen molar-refractivity contribution >= 4 is 29.1 Å². The number of benzene rings is 1. The summed E-state index contributed by atoms with van der Waals surface area (Å²) in [5.41, 5.74) is 1.28. The molecule has 0 spiro atoms. The zero-order valence-corrected chi connectivity index (χ0v) is 20.8. The first-order valence-electron chi connectivity index (χ1n) is 12.1. The van der Waals surface area contributed by atoms with Gasteiger partial charge in [0.25, 0.3) is 5.78 Å². The van der Waals surface area contributed by atoms with Gasteiger partial charge in [0, 0.05) is 38.1 Å². The van der Waals surface area contributed by atoms with Gasteiger partial charge in [-0.3, -0.25) is 14.4 Å². The number of carbonyl (C=O) groups excluding carboxylic acids is 4. The summed E-state index contributed by atoms with van der Waals surface area (Å²) >= 11 is 0. The smallest absolute Gasteiger partial charge is 0.342 e. The number of aromatic nitrogens is 1. The zero-order valence-electron chi connectivity index (χ0n) is 20.8. The summed E-state index contributed by atoms with van der Waals surface area (Å²) in [6, 6.07) is 8.61. The largest absolute Gasteiger partial charge is 0.507 e.